The summed E-state index contributed by atoms with van der Waals surface area (Å²) in [6.45, 7) is 7.12. The third kappa shape index (κ3) is 7.78. The second-order valence-electron chi connectivity index (χ2n) is 6.37. The summed E-state index contributed by atoms with van der Waals surface area (Å²) < 4.78 is 5.40. The Morgan fingerprint density at radius 3 is 2.28 bits per heavy atom. The summed E-state index contributed by atoms with van der Waals surface area (Å²) in [6, 6.07) is 14.2. The third-order valence-electron chi connectivity index (χ3n) is 3.48. The Bertz CT molecular complexity index is 688. The third-order valence-corrected chi connectivity index (χ3v) is 3.94. The number of hydrogen-bond acceptors (Lipinski definition) is 3. The molecule has 2 aromatic carbocycles. The minimum atomic E-state index is -0.826. The van der Waals surface area contributed by atoms with Crippen molar-refractivity contribution in [1.82, 2.24) is 0 Å². The standard InChI is InChI=1S/C19H23NOS.2ClH.Zr/c1-19(2,3)17-11-16(21-4)10-15(18(17)22)13-20-12-14-8-6-5-7-9-14;;;/h5-11,13,22H,12H2,1-4H3;2*1H;/q;;;+2/p-3. The van der Waals surface area contributed by atoms with Crippen LogP contribution in [0.2, 0.25) is 0 Å². The molecule has 0 heterocycles. The first-order valence-electron chi connectivity index (χ1n) is 7.73. The Hall–Kier alpha value is -0.407. The van der Waals surface area contributed by atoms with Crippen LogP contribution in [0.15, 0.2) is 52.4 Å². The summed E-state index contributed by atoms with van der Waals surface area (Å²) in [4.78, 5) is 5.38. The molecule has 0 aromatic heterocycles. The Balaban J connectivity index is 0.000000970. The summed E-state index contributed by atoms with van der Waals surface area (Å²) in [5.41, 5.74) is 3.22. The molecule has 0 radical (unpaired) electrons. The van der Waals surface area contributed by atoms with Gasteiger partial charge in [0, 0.05) is 6.21 Å². The number of hydrogen-bond donors (Lipinski definition) is 0. The zero-order valence-corrected chi connectivity index (χ0v) is 19.6. The molecule has 0 fully saturated rings. The molecule has 0 N–H and O–H groups in total. The van der Waals surface area contributed by atoms with Gasteiger partial charge in [-0.25, -0.2) is 0 Å². The van der Waals surface area contributed by atoms with Crippen LogP contribution in [-0.4, -0.2) is 13.3 Å². The molecule has 0 atom stereocenters. The Kier molecular flexibility index (Phi) is 10.3. The van der Waals surface area contributed by atoms with Crippen molar-refractivity contribution in [3.63, 3.8) is 0 Å². The van der Waals surface area contributed by atoms with Crippen molar-refractivity contribution in [3.05, 3.63) is 59.2 Å². The molecule has 0 saturated heterocycles. The molecule has 0 bridgehead atoms. The molecule has 6 heteroatoms. The number of aliphatic imine (C=N–C) groups is 1. The molecule has 0 aliphatic rings. The summed E-state index contributed by atoms with van der Waals surface area (Å²) >= 11 is 4.81. The topological polar surface area (TPSA) is 21.6 Å². The summed E-state index contributed by atoms with van der Waals surface area (Å²) in [7, 11) is 11.5. The molecule has 134 valence electrons. The molecule has 0 aliphatic carbocycles. The van der Waals surface area contributed by atoms with Gasteiger partial charge in [0.2, 0.25) is 0 Å². The molecule has 25 heavy (non-hydrogen) atoms. The number of rotatable bonds is 4. The predicted octanol–water partition coefficient (Wildman–Crippen LogP) is 5.89. The number of methoxy groups -OCH3 is 1. The van der Waals surface area contributed by atoms with Crippen molar-refractivity contribution >= 4 is 35.9 Å². The van der Waals surface area contributed by atoms with E-state index in [1.54, 1.807) is 7.11 Å². The van der Waals surface area contributed by atoms with Gasteiger partial charge in [-0.1, -0.05) is 56.7 Å². The van der Waals surface area contributed by atoms with Crippen LogP contribution in [-0.2, 0) is 45.4 Å². The van der Waals surface area contributed by atoms with Crippen molar-refractivity contribution in [2.45, 2.75) is 37.6 Å². The van der Waals surface area contributed by atoms with E-state index in [1.165, 1.54) is 5.56 Å². The van der Waals surface area contributed by atoms with E-state index < -0.39 is 20.8 Å². The zero-order chi connectivity index (χ0) is 18.9. The van der Waals surface area contributed by atoms with Crippen LogP contribution in [0.25, 0.3) is 0 Å². The second kappa shape index (κ2) is 11.3. The molecular weight excluding hydrogens is 452 g/mol. The number of halogens is 2. The van der Waals surface area contributed by atoms with Crippen LogP contribution in [0.3, 0.4) is 0 Å². The molecule has 0 amide bonds. The molecule has 0 spiro atoms. The van der Waals surface area contributed by atoms with Gasteiger partial charge in [0.1, 0.15) is 5.75 Å². The number of ether oxygens (including phenoxy) is 1. The van der Waals surface area contributed by atoms with Gasteiger partial charge in [0.25, 0.3) is 0 Å². The SMILES string of the molecule is COc1cc(C=NCc2ccccc2)c([S-])c(C(C)(C)C)c1.[Cl][Zr][Cl]. The van der Waals surface area contributed by atoms with Crippen molar-refractivity contribution in [2.24, 2.45) is 4.99 Å². The summed E-state index contributed by atoms with van der Waals surface area (Å²) in [5, 5.41) is 0. The van der Waals surface area contributed by atoms with Gasteiger partial charge < -0.3 is 17.4 Å². The van der Waals surface area contributed by atoms with Crippen LogP contribution in [0.1, 0.15) is 37.5 Å². The minimum absolute atomic E-state index is 0.0202. The first-order valence-corrected chi connectivity index (χ1v) is 14.5. The second-order valence-corrected chi connectivity index (χ2v) is 10.5. The van der Waals surface area contributed by atoms with E-state index in [2.05, 4.69) is 37.9 Å². The maximum absolute atomic E-state index is 5.63. The molecular formula is C19H22Cl2NOSZr-. The van der Waals surface area contributed by atoms with Gasteiger partial charge in [0.15, 0.2) is 0 Å². The van der Waals surface area contributed by atoms with Crippen molar-refractivity contribution in [3.8, 4) is 5.75 Å². The quantitative estimate of drug-likeness (QED) is 0.407. The monoisotopic (exact) mass is 472 g/mol. The van der Waals surface area contributed by atoms with Crippen molar-refractivity contribution < 1.29 is 25.6 Å². The Morgan fingerprint density at radius 1 is 1.16 bits per heavy atom. The molecule has 0 aliphatic heterocycles. The fourth-order valence-electron chi connectivity index (χ4n) is 2.23. The van der Waals surface area contributed by atoms with E-state index >= 15 is 0 Å². The van der Waals surface area contributed by atoms with E-state index in [4.69, 9.17) is 34.4 Å². The molecule has 2 nitrogen and oxygen atoms in total. The molecule has 2 aromatic rings. The molecule has 0 saturated carbocycles. The van der Waals surface area contributed by atoms with E-state index in [0.29, 0.717) is 6.54 Å². The number of nitrogens with zero attached hydrogens (tertiary/aromatic N) is 1. The van der Waals surface area contributed by atoms with E-state index in [1.807, 2.05) is 36.5 Å². The maximum atomic E-state index is 5.63. The van der Waals surface area contributed by atoms with Crippen LogP contribution >= 0.6 is 17.0 Å². The van der Waals surface area contributed by atoms with Gasteiger partial charge in [-0.05, 0) is 28.7 Å². The van der Waals surface area contributed by atoms with Crippen LogP contribution in [0.5, 0.6) is 5.75 Å². The van der Waals surface area contributed by atoms with E-state index in [-0.39, 0.29) is 5.41 Å². The van der Waals surface area contributed by atoms with Crippen molar-refractivity contribution in [2.75, 3.05) is 7.11 Å². The normalized spacial score (nSPS) is 11.0. The van der Waals surface area contributed by atoms with Crippen LogP contribution < -0.4 is 4.74 Å². The van der Waals surface area contributed by atoms with Crippen LogP contribution in [0, 0.1) is 0 Å². The number of benzene rings is 2. The van der Waals surface area contributed by atoms with Gasteiger partial charge in [-0.15, -0.1) is 0 Å². The first kappa shape index (κ1) is 22.6. The summed E-state index contributed by atoms with van der Waals surface area (Å²) in [5.74, 6) is 0.819. The first-order chi connectivity index (χ1) is 11.8. The van der Waals surface area contributed by atoms with Crippen molar-refractivity contribution in [1.29, 1.82) is 0 Å². The van der Waals surface area contributed by atoms with Gasteiger partial charge in [-0.3, -0.25) is 4.99 Å². The molecule has 2 rings (SSSR count). The van der Waals surface area contributed by atoms with Gasteiger partial charge in [0.05, 0.1) is 13.7 Å². The van der Waals surface area contributed by atoms with Crippen LogP contribution in [0.4, 0.5) is 0 Å². The predicted molar refractivity (Wildman–Crippen MR) is 107 cm³/mol. The zero-order valence-electron chi connectivity index (χ0n) is 14.8. The average molecular weight is 475 g/mol. The van der Waals surface area contributed by atoms with Gasteiger partial charge >= 0.3 is 37.9 Å². The summed E-state index contributed by atoms with van der Waals surface area (Å²) in [6.07, 6.45) is 1.85. The average Bonchev–Trinajstić information content (AvgIpc) is 2.57. The Morgan fingerprint density at radius 2 is 1.76 bits per heavy atom. The van der Waals surface area contributed by atoms with Gasteiger partial charge in [-0.2, -0.15) is 4.90 Å². The Labute approximate surface area is 175 Å². The molecule has 0 unspecified atom stereocenters. The van der Waals surface area contributed by atoms with E-state index in [9.17, 15) is 0 Å². The fraction of sp³-hybridized carbons (Fsp3) is 0.316. The van der Waals surface area contributed by atoms with E-state index in [0.717, 1.165) is 21.8 Å². The fourth-order valence-corrected chi connectivity index (χ4v) is 2.70.